The maximum absolute atomic E-state index is 12.5. The summed E-state index contributed by atoms with van der Waals surface area (Å²) < 4.78 is 11.1. The predicted molar refractivity (Wildman–Crippen MR) is 112 cm³/mol. The molecule has 2 amide bonds. The summed E-state index contributed by atoms with van der Waals surface area (Å²) in [5, 5.41) is 0. The van der Waals surface area contributed by atoms with E-state index < -0.39 is 6.09 Å². The molecule has 7 heteroatoms. The number of benzene rings is 1. The predicted octanol–water partition coefficient (Wildman–Crippen LogP) is 2.99. The van der Waals surface area contributed by atoms with Gasteiger partial charge in [0.25, 0.3) is 0 Å². The molecule has 7 nitrogen and oxygen atoms in total. The van der Waals surface area contributed by atoms with Crippen molar-refractivity contribution in [3.05, 3.63) is 24.3 Å². The van der Waals surface area contributed by atoms with Gasteiger partial charge in [-0.3, -0.25) is 9.69 Å². The first-order valence-corrected chi connectivity index (χ1v) is 10.7. The summed E-state index contributed by atoms with van der Waals surface area (Å²) in [6.45, 7) is 9.54. The molecule has 160 valence electrons. The van der Waals surface area contributed by atoms with E-state index >= 15 is 0 Å². The number of carbonyl (C=O) groups excluding carboxylic acids is 2. The zero-order valence-corrected chi connectivity index (χ0v) is 17.6. The van der Waals surface area contributed by atoms with Crippen molar-refractivity contribution in [3.8, 4) is 5.75 Å². The summed E-state index contributed by atoms with van der Waals surface area (Å²) in [6.07, 6.45) is 3.24. The van der Waals surface area contributed by atoms with Crippen LogP contribution in [0.1, 0.15) is 33.1 Å². The number of likely N-dealkylation sites (tertiary alicyclic amines) is 1. The Balaban J connectivity index is 1.42. The Labute approximate surface area is 173 Å². The van der Waals surface area contributed by atoms with E-state index in [0.717, 1.165) is 24.4 Å². The Bertz CT molecular complexity index is 671. The fourth-order valence-corrected chi connectivity index (χ4v) is 3.64. The van der Waals surface area contributed by atoms with E-state index in [4.69, 9.17) is 9.47 Å². The maximum Gasteiger partial charge on any atom is 0.410 e. The summed E-state index contributed by atoms with van der Waals surface area (Å²) in [4.78, 5) is 30.2. The zero-order valence-electron chi connectivity index (χ0n) is 17.6. The van der Waals surface area contributed by atoms with Gasteiger partial charge in [0, 0.05) is 25.3 Å². The molecular weight excluding hydrogens is 370 g/mol. The Kier molecular flexibility index (Phi) is 7.75. The molecule has 0 spiro atoms. The molecule has 0 aromatic heterocycles. The lowest BCUT2D eigenvalue weighted by molar-refractivity contribution is -0.120. The van der Waals surface area contributed by atoms with Crippen LogP contribution in [0.5, 0.6) is 5.75 Å². The van der Waals surface area contributed by atoms with Gasteiger partial charge < -0.3 is 19.3 Å². The number of ether oxygens (including phenoxy) is 2. The van der Waals surface area contributed by atoms with Crippen molar-refractivity contribution in [1.29, 1.82) is 0 Å². The fraction of sp³-hybridized carbons (Fsp3) is 0.636. The average molecular weight is 404 g/mol. The van der Waals surface area contributed by atoms with Gasteiger partial charge in [-0.2, -0.15) is 0 Å². The van der Waals surface area contributed by atoms with Gasteiger partial charge in [-0.15, -0.1) is 0 Å². The van der Waals surface area contributed by atoms with E-state index in [-0.39, 0.29) is 18.4 Å². The maximum atomic E-state index is 12.5. The number of anilines is 1. The standard InChI is InChI=1S/C22H33N3O4/c1-18(2)17-29-22(27)24-13-14-25(21(26)16-24)19-6-8-20(9-7-19)28-15-5-12-23-10-3-4-11-23/h6-9,18H,3-5,10-17H2,1-2H3. The number of hydrogen-bond donors (Lipinski definition) is 0. The zero-order chi connectivity index (χ0) is 20.6. The van der Waals surface area contributed by atoms with Crippen LogP contribution >= 0.6 is 0 Å². The molecule has 2 fully saturated rings. The van der Waals surface area contributed by atoms with Crippen LogP contribution in [0.25, 0.3) is 0 Å². The first-order valence-electron chi connectivity index (χ1n) is 10.7. The van der Waals surface area contributed by atoms with Gasteiger partial charge >= 0.3 is 6.09 Å². The van der Waals surface area contributed by atoms with E-state index in [1.165, 1.54) is 30.8 Å². The minimum atomic E-state index is -0.413. The Morgan fingerprint density at radius 2 is 1.79 bits per heavy atom. The van der Waals surface area contributed by atoms with Crippen LogP contribution in [0.3, 0.4) is 0 Å². The molecule has 1 aromatic carbocycles. The summed E-state index contributed by atoms with van der Waals surface area (Å²) >= 11 is 0. The van der Waals surface area contributed by atoms with Crippen LogP contribution in [0.2, 0.25) is 0 Å². The third-order valence-corrected chi connectivity index (χ3v) is 5.25. The minimum absolute atomic E-state index is 0.0473. The molecule has 1 aromatic rings. The molecular formula is C22H33N3O4. The Hall–Kier alpha value is -2.28. The molecule has 0 aliphatic carbocycles. The first-order chi connectivity index (χ1) is 14.0. The van der Waals surface area contributed by atoms with Crippen molar-refractivity contribution in [1.82, 2.24) is 9.80 Å². The second-order valence-corrected chi connectivity index (χ2v) is 8.18. The highest BCUT2D eigenvalue weighted by Gasteiger charge is 2.29. The number of piperazine rings is 1. The molecule has 0 radical (unpaired) electrons. The van der Waals surface area contributed by atoms with Gasteiger partial charge in [-0.25, -0.2) is 4.79 Å². The molecule has 0 atom stereocenters. The third kappa shape index (κ3) is 6.35. The third-order valence-electron chi connectivity index (χ3n) is 5.25. The van der Waals surface area contributed by atoms with Crippen molar-refractivity contribution in [2.24, 2.45) is 5.92 Å². The van der Waals surface area contributed by atoms with Crippen LogP contribution in [0.4, 0.5) is 10.5 Å². The number of carbonyl (C=O) groups is 2. The summed E-state index contributed by atoms with van der Waals surface area (Å²) in [5.41, 5.74) is 0.828. The van der Waals surface area contributed by atoms with E-state index in [1.807, 2.05) is 38.1 Å². The molecule has 2 saturated heterocycles. The highest BCUT2D eigenvalue weighted by Crippen LogP contribution is 2.22. The molecule has 3 rings (SSSR count). The fourth-order valence-electron chi connectivity index (χ4n) is 3.64. The van der Waals surface area contributed by atoms with Crippen LogP contribution < -0.4 is 9.64 Å². The lowest BCUT2D eigenvalue weighted by atomic mass is 10.2. The average Bonchev–Trinajstić information content (AvgIpc) is 3.23. The van der Waals surface area contributed by atoms with Gasteiger partial charge in [0.1, 0.15) is 12.3 Å². The number of amides is 2. The van der Waals surface area contributed by atoms with Gasteiger partial charge in [0.05, 0.1) is 13.2 Å². The second-order valence-electron chi connectivity index (χ2n) is 8.18. The van der Waals surface area contributed by atoms with Crippen molar-refractivity contribution in [2.45, 2.75) is 33.1 Å². The normalized spacial score (nSPS) is 17.8. The smallest absolute Gasteiger partial charge is 0.410 e. The second kappa shape index (κ2) is 10.5. The summed E-state index contributed by atoms with van der Waals surface area (Å²) in [5.74, 6) is 0.993. The van der Waals surface area contributed by atoms with Gasteiger partial charge in [-0.05, 0) is 62.5 Å². The minimum Gasteiger partial charge on any atom is -0.494 e. The molecule has 0 N–H and O–H groups in total. The molecule has 0 saturated carbocycles. The SMILES string of the molecule is CC(C)COC(=O)N1CCN(c2ccc(OCCCN3CCCC3)cc2)C(=O)C1. The van der Waals surface area contributed by atoms with Crippen LogP contribution in [-0.2, 0) is 9.53 Å². The van der Waals surface area contributed by atoms with Gasteiger partial charge in [-0.1, -0.05) is 13.8 Å². The van der Waals surface area contributed by atoms with Crippen molar-refractivity contribution >= 4 is 17.7 Å². The van der Waals surface area contributed by atoms with Crippen molar-refractivity contribution < 1.29 is 19.1 Å². The van der Waals surface area contributed by atoms with E-state index in [9.17, 15) is 9.59 Å². The Morgan fingerprint density at radius 1 is 1.07 bits per heavy atom. The molecule has 2 aliphatic heterocycles. The van der Waals surface area contributed by atoms with E-state index in [1.54, 1.807) is 4.90 Å². The number of rotatable bonds is 8. The summed E-state index contributed by atoms with van der Waals surface area (Å²) in [7, 11) is 0. The molecule has 29 heavy (non-hydrogen) atoms. The molecule has 2 aliphatic rings. The highest BCUT2D eigenvalue weighted by atomic mass is 16.6. The van der Waals surface area contributed by atoms with Gasteiger partial charge in [0.2, 0.25) is 5.91 Å². The van der Waals surface area contributed by atoms with Crippen LogP contribution in [0.15, 0.2) is 24.3 Å². The van der Waals surface area contributed by atoms with Crippen molar-refractivity contribution in [3.63, 3.8) is 0 Å². The lowest BCUT2D eigenvalue weighted by Gasteiger charge is -2.33. The van der Waals surface area contributed by atoms with Gasteiger partial charge in [0.15, 0.2) is 0 Å². The number of hydrogen-bond acceptors (Lipinski definition) is 5. The largest absolute Gasteiger partial charge is 0.494 e. The topological polar surface area (TPSA) is 62.3 Å². The first kappa shape index (κ1) is 21.4. The Morgan fingerprint density at radius 3 is 2.45 bits per heavy atom. The molecule has 0 bridgehead atoms. The molecule has 0 unspecified atom stereocenters. The lowest BCUT2D eigenvalue weighted by Crippen LogP contribution is -2.52. The van der Waals surface area contributed by atoms with E-state index in [2.05, 4.69) is 4.90 Å². The van der Waals surface area contributed by atoms with E-state index in [0.29, 0.717) is 26.3 Å². The monoisotopic (exact) mass is 403 g/mol. The molecule has 2 heterocycles. The highest BCUT2D eigenvalue weighted by molar-refractivity contribution is 5.97. The van der Waals surface area contributed by atoms with Crippen LogP contribution in [-0.4, -0.2) is 74.3 Å². The number of nitrogens with zero attached hydrogens (tertiary/aromatic N) is 3. The van der Waals surface area contributed by atoms with Crippen LogP contribution in [0, 0.1) is 5.92 Å². The quantitative estimate of drug-likeness (QED) is 0.625. The van der Waals surface area contributed by atoms with Crippen molar-refractivity contribution in [2.75, 3.05) is 57.4 Å². The summed E-state index contributed by atoms with van der Waals surface area (Å²) in [6, 6.07) is 7.62.